The molecule has 0 saturated carbocycles. The Bertz CT molecular complexity index is 1900. The van der Waals surface area contributed by atoms with Gasteiger partial charge in [0, 0.05) is 29.8 Å². The SMILES string of the molecule is CCn1cc(-c2cc(C(F)F)nc3sc(C(N)=O)c(NC(=O)c4ccc(COc5cc([N+](=O)[O-])ccc5Cl)o4)c23)c(C)n1. The molecule has 4 aromatic heterocycles. The van der Waals surface area contributed by atoms with Gasteiger partial charge in [-0.05, 0) is 43.7 Å². The van der Waals surface area contributed by atoms with E-state index in [-0.39, 0.29) is 55.4 Å². The monoisotopic (exact) mass is 630 g/mol. The summed E-state index contributed by atoms with van der Waals surface area (Å²) < 4.78 is 40.4. The predicted molar refractivity (Wildman–Crippen MR) is 154 cm³/mol. The van der Waals surface area contributed by atoms with Gasteiger partial charge in [0.2, 0.25) is 0 Å². The molecule has 0 bridgehead atoms. The zero-order valence-electron chi connectivity index (χ0n) is 22.4. The minimum atomic E-state index is -2.90. The largest absolute Gasteiger partial charge is 0.484 e. The smallest absolute Gasteiger partial charge is 0.291 e. The summed E-state index contributed by atoms with van der Waals surface area (Å²) in [7, 11) is 0. The summed E-state index contributed by atoms with van der Waals surface area (Å²) in [5.41, 5.74) is 6.20. The van der Waals surface area contributed by atoms with Gasteiger partial charge in [0.25, 0.3) is 23.9 Å². The van der Waals surface area contributed by atoms with Gasteiger partial charge in [-0.25, -0.2) is 13.8 Å². The first kappa shape index (κ1) is 29.6. The Kier molecular flexibility index (Phi) is 8.10. The number of pyridine rings is 1. The first-order valence-corrected chi connectivity index (χ1v) is 13.7. The first-order chi connectivity index (χ1) is 20.5. The molecule has 0 spiro atoms. The van der Waals surface area contributed by atoms with Crippen LogP contribution in [-0.2, 0) is 13.2 Å². The van der Waals surface area contributed by atoms with Gasteiger partial charge >= 0.3 is 0 Å². The maximum atomic E-state index is 13.8. The molecule has 3 N–H and O–H groups in total. The second kappa shape index (κ2) is 11.8. The van der Waals surface area contributed by atoms with E-state index >= 15 is 0 Å². The highest BCUT2D eigenvalue weighted by Gasteiger charge is 2.27. The summed E-state index contributed by atoms with van der Waals surface area (Å²) in [6.45, 7) is 3.88. The number of ether oxygens (including phenoxy) is 1. The number of aryl methyl sites for hydroxylation is 2. The summed E-state index contributed by atoms with van der Waals surface area (Å²) in [6.07, 6.45) is -1.22. The number of rotatable bonds is 10. The van der Waals surface area contributed by atoms with Crippen molar-refractivity contribution in [3.63, 3.8) is 0 Å². The lowest BCUT2D eigenvalue weighted by atomic mass is 10.0. The van der Waals surface area contributed by atoms with Gasteiger partial charge in [0.05, 0.1) is 27.4 Å². The maximum Gasteiger partial charge on any atom is 0.291 e. The molecular formula is C27H21ClF2N6O6S. The third kappa shape index (κ3) is 5.89. The fourth-order valence-corrected chi connectivity index (χ4v) is 5.48. The third-order valence-electron chi connectivity index (χ3n) is 6.31. The maximum absolute atomic E-state index is 13.8. The molecule has 0 aliphatic heterocycles. The second-order valence-electron chi connectivity index (χ2n) is 9.11. The molecule has 0 unspecified atom stereocenters. The summed E-state index contributed by atoms with van der Waals surface area (Å²) in [4.78, 5) is 40.2. The number of nitrogens with one attached hydrogen (secondary N) is 1. The highest BCUT2D eigenvalue weighted by Crippen LogP contribution is 2.43. The second-order valence-corrected chi connectivity index (χ2v) is 10.5. The van der Waals surface area contributed by atoms with Crippen LogP contribution in [0.3, 0.4) is 0 Å². The van der Waals surface area contributed by atoms with Crippen LogP contribution in [0.2, 0.25) is 5.02 Å². The summed E-state index contributed by atoms with van der Waals surface area (Å²) in [5.74, 6) is -1.62. The van der Waals surface area contributed by atoms with Gasteiger partial charge in [-0.3, -0.25) is 24.4 Å². The number of amides is 2. The quantitative estimate of drug-likeness (QED) is 0.130. The van der Waals surface area contributed by atoms with Crippen molar-refractivity contribution in [3.05, 3.63) is 85.5 Å². The number of thiophene rings is 1. The highest BCUT2D eigenvalue weighted by atomic mass is 35.5. The lowest BCUT2D eigenvalue weighted by Gasteiger charge is -2.10. The van der Waals surface area contributed by atoms with Gasteiger partial charge < -0.3 is 20.2 Å². The molecule has 0 fully saturated rings. The standard InChI is InChI=1S/C27H21ClF2N6O6S/c1-3-35-10-16(12(2)34-35)15-9-18(24(29)30)32-27-21(15)22(23(43-27)25(31)37)33-26(38)19-7-5-14(42-19)11-41-20-8-13(36(39)40)4-6-17(20)28/h4-10,24H,3,11H2,1-2H3,(H2,31,37)(H,33,38). The van der Waals surface area contributed by atoms with Crippen molar-refractivity contribution in [1.29, 1.82) is 0 Å². The van der Waals surface area contributed by atoms with Crippen LogP contribution in [0.5, 0.6) is 5.75 Å². The Morgan fingerprint density at radius 2 is 2.02 bits per heavy atom. The number of aromatic nitrogens is 3. The van der Waals surface area contributed by atoms with Crippen molar-refractivity contribution < 1.29 is 32.4 Å². The molecule has 4 heterocycles. The van der Waals surface area contributed by atoms with E-state index in [1.807, 2.05) is 6.92 Å². The molecule has 5 aromatic rings. The number of nitro benzene ring substituents is 1. The molecular weight excluding hydrogens is 610 g/mol. The van der Waals surface area contributed by atoms with Crippen molar-refractivity contribution in [2.75, 3.05) is 5.32 Å². The number of primary amides is 1. The molecule has 1 aromatic carbocycles. The lowest BCUT2D eigenvalue weighted by molar-refractivity contribution is -0.384. The van der Waals surface area contributed by atoms with Crippen LogP contribution < -0.4 is 15.8 Å². The average Bonchev–Trinajstić information content (AvgIpc) is 3.69. The van der Waals surface area contributed by atoms with Crippen LogP contribution in [0.4, 0.5) is 20.2 Å². The molecule has 0 saturated heterocycles. The molecule has 12 nitrogen and oxygen atoms in total. The van der Waals surface area contributed by atoms with E-state index in [0.29, 0.717) is 23.4 Å². The fourth-order valence-electron chi connectivity index (χ4n) is 4.30. The molecule has 0 aliphatic carbocycles. The van der Waals surface area contributed by atoms with Crippen molar-refractivity contribution in [1.82, 2.24) is 14.8 Å². The van der Waals surface area contributed by atoms with Gasteiger partial charge in [-0.2, -0.15) is 5.10 Å². The van der Waals surface area contributed by atoms with E-state index in [1.165, 1.54) is 30.3 Å². The van der Waals surface area contributed by atoms with Crippen LogP contribution in [0.15, 0.2) is 47.0 Å². The molecule has 43 heavy (non-hydrogen) atoms. The van der Waals surface area contributed by atoms with Crippen molar-refractivity contribution in [3.8, 4) is 16.9 Å². The normalized spacial score (nSPS) is 11.3. The number of anilines is 1. The molecule has 0 atom stereocenters. The number of nitrogens with two attached hydrogens (primary N) is 1. The molecule has 0 aliphatic rings. The Morgan fingerprint density at radius 1 is 1.26 bits per heavy atom. The number of nitrogens with zero attached hydrogens (tertiary/aromatic N) is 4. The van der Waals surface area contributed by atoms with E-state index in [0.717, 1.165) is 17.4 Å². The topological polar surface area (TPSA) is 168 Å². The third-order valence-corrected chi connectivity index (χ3v) is 7.72. The van der Waals surface area contributed by atoms with Crippen molar-refractivity contribution >= 4 is 56.3 Å². The van der Waals surface area contributed by atoms with Gasteiger partial charge in [-0.1, -0.05) is 11.6 Å². The number of hydrogen-bond donors (Lipinski definition) is 2. The minimum Gasteiger partial charge on any atom is -0.484 e. The number of non-ortho nitro benzene ring substituents is 1. The van der Waals surface area contributed by atoms with Crippen LogP contribution in [0.1, 0.15) is 50.7 Å². The number of alkyl halides is 2. The van der Waals surface area contributed by atoms with E-state index in [1.54, 1.807) is 17.8 Å². The number of hydrogen-bond acceptors (Lipinski definition) is 9. The summed E-state index contributed by atoms with van der Waals surface area (Å²) in [5, 5.41) is 18.5. The Morgan fingerprint density at radius 3 is 2.67 bits per heavy atom. The van der Waals surface area contributed by atoms with Gasteiger partial charge in [0.1, 0.15) is 33.5 Å². The fraction of sp³-hybridized carbons (Fsp3) is 0.185. The predicted octanol–water partition coefficient (Wildman–Crippen LogP) is 6.51. The van der Waals surface area contributed by atoms with Crippen molar-refractivity contribution in [2.45, 2.75) is 33.4 Å². The molecule has 222 valence electrons. The number of nitro groups is 1. The number of halogens is 3. The zero-order valence-corrected chi connectivity index (χ0v) is 24.0. The summed E-state index contributed by atoms with van der Waals surface area (Å²) in [6, 6.07) is 7.70. The van der Waals surface area contributed by atoms with Gasteiger partial charge in [-0.15, -0.1) is 11.3 Å². The zero-order chi connectivity index (χ0) is 31.0. The summed E-state index contributed by atoms with van der Waals surface area (Å²) >= 11 is 6.83. The van der Waals surface area contributed by atoms with Crippen LogP contribution >= 0.6 is 22.9 Å². The van der Waals surface area contributed by atoms with Crippen molar-refractivity contribution in [2.24, 2.45) is 5.73 Å². The number of carbonyl (C=O) groups is 2. The number of benzene rings is 1. The van der Waals surface area contributed by atoms with E-state index < -0.39 is 28.9 Å². The molecule has 16 heteroatoms. The minimum absolute atomic E-state index is 0.0120. The van der Waals surface area contributed by atoms with E-state index in [2.05, 4.69) is 15.4 Å². The Balaban J connectivity index is 1.49. The first-order valence-electron chi connectivity index (χ1n) is 12.5. The van der Waals surface area contributed by atoms with Crippen LogP contribution in [-0.4, -0.2) is 31.5 Å². The van der Waals surface area contributed by atoms with E-state index in [4.69, 9.17) is 26.5 Å². The lowest BCUT2D eigenvalue weighted by Crippen LogP contribution is -2.16. The Hall–Kier alpha value is -4.89. The molecule has 0 radical (unpaired) electrons. The molecule has 5 rings (SSSR count). The Labute approximate surface area is 250 Å². The number of carbonyl (C=O) groups excluding carboxylic acids is 2. The highest BCUT2D eigenvalue weighted by molar-refractivity contribution is 7.21. The van der Waals surface area contributed by atoms with Gasteiger partial charge in [0.15, 0.2) is 5.76 Å². The van der Waals surface area contributed by atoms with Crippen LogP contribution in [0, 0.1) is 17.0 Å². The molecule has 2 amide bonds. The van der Waals surface area contributed by atoms with E-state index in [9.17, 15) is 28.5 Å². The number of fused-ring (bicyclic) bond motifs is 1. The number of furan rings is 1. The average molecular weight is 631 g/mol. The van der Waals surface area contributed by atoms with Crippen LogP contribution in [0.25, 0.3) is 21.3 Å².